The zero-order valence-electron chi connectivity index (χ0n) is 15.7. The molecule has 140 valence electrons. The summed E-state index contributed by atoms with van der Waals surface area (Å²) in [5.41, 5.74) is 2.89. The van der Waals surface area contributed by atoms with Crippen LogP contribution in [0.4, 0.5) is 5.69 Å². The van der Waals surface area contributed by atoms with Crippen molar-refractivity contribution < 1.29 is 14.3 Å². The number of benzene rings is 2. The highest BCUT2D eigenvalue weighted by molar-refractivity contribution is 6.36. The second-order valence-electron chi connectivity index (χ2n) is 6.64. The predicted molar refractivity (Wildman–Crippen MR) is 107 cm³/mol. The van der Waals surface area contributed by atoms with Crippen LogP contribution in [0.5, 0.6) is 5.75 Å². The summed E-state index contributed by atoms with van der Waals surface area (Å²) in [6, 6.07) is 12.2. The van der Waals surface area contributed by atoms with E-state index in [1.165, 1.54) is 4.90 Å². The van der Waals surface area contributed by atoms with Gasteiger partial charge in [-0.1, -0.05) is 23.7 Å². The molecule has 5 nitrogen and oxygen atoms in total. The van der Waals surface area contributed by atoms with Crippen LogP contribution >= 0.6 is 11.6 Å². The van der Waals surface area contributed by atoms with Gasteiger partial charge >= 0.3 is 0 Å². The van der Waals surface area contributed by atoms with E-state index in [0.29, 0.717) is 21.9 Å². The highest BCUT2D eigenvalue weighted by Crippen LogP contribution is 2.33. The Morgan fingerprint density at radius 2 is 1.70 bits per heavy atom. The van der Waals surface area contributed by atoms with E-state index in [1.807, 2.05) is 20.8 Å². The summed E-state index contributed by atoms with van der Waals surface area (Å²) in [6.07, 6.45) is 0. The average Bonchev–Trinajstić information content (AvgIpc) is 2.87. The highest BCUT2D eigenvalue weighted by atomic mass is 35.5. The van der Waals surface area contributed by atoms with Crippen LogP contribution in [0.3, 0.4) is 0 Å². The third-order valence-corrected chi connectivity index (χ3v) is 4.69. The van der Waals surface area contributed by atoms with Gasteiger partial charge < -0.3 is 10.1 Å². The first-order valence-electron chi connectivity index (χ1n) is 8.63. The maximum absolute atomic E-state index is 13.0. The Bertz CT molecular complexity index is 933. The van der Waals surface area contributed by atoms with Gasteiger partial charge in [-0.15, -0.1) is 0 Å². The maximum atomic E-state index is 13.0. The molecule has 0 aromatic heterocycles. The first-order chi connectivity index (χ1) is 12.8. The van der Waals surface area contributed by atoms with Crippen LogP contribution < -0.4 is 10.1 Å². The number of hydrogen-bond acceptors (Lipinski definition) is 4. The summed E-state index contributed by atoms with van der Waals surface area (Å²) in [7, 11) is 1.58. The molecule has 0 fully saturated rings. The monoisotopic (exact) mass is 384 g/mol. The van der Waals surface area contributed by atoms with E-state index >= 15 is 0 Å². The van der Waals surface area contributed by atoms with Gasteiger partial charge in [0.05, 0.1) is 12.7 Å². The number of hydrogen-bond donors (Lipinski definition) is 1. The van der Waals surface area contributed by atoms with E-state index in [2.05, 4.69) is 5.32 Å². The Kier molecular flexibility index (Phi) is 5.24. The van der Waals surface area contributed by atoms with Gasteiger partial charge in [0.15, 0.2) is 0 Å². The number of carbonyl (C=O) groups excluding carboxylic acids is 2. The second kappa shape index (κ2) is 7.45. The van der Waals surface area contributed by atoms with Crippen molar-refractivity contribution in [2.24, 2.45) is 0 Å². The predicted octanol–water partition coefficient (Wildman–Crippen LogP) is 4.26. The number of carbonyl (C=O) groups is 2. The summed E-state index contributed by atoms with van der Waals surface area (Å²) in [6.45, 7) is 5.53. The molecule has 0 saturated carbocycles. The van der Waals surface area contributed by atoms with Gasteiger partial charge in [0.25, 0.3) is 11.8 Å². The van der Waals surface area contributed by atoms with Crippen LogP contribution in [0.15, 0.2) is 48.2 Å². The number of nitrogens with one attached hydrogen (secondary N) is 1. The molecule has 1 aliphatic heterocycles. The molecular formula is C21H21ClN2O3. The third kappa shape index (κ3) is 3.55. The molecule has 0 atom stereocenters. The quantitative estimate of drug-likeness (QED) is 0.782. The van der Waals surface area contributed by atoms with Crippen LogP contribution in [0, 0.1) is 6.92 Å². The van der Waals surface area contributed by atoms with Crippen molar-refractivity contribution in [1.82, 2.24) is 4.90 Å². The first-order valence-corrected chi connectivity index (χ1v) is 9.01. The van der Waals surface area contributed by atoms with E-state index in [0.717, 1.165) is 11.3 Å². The topological polar surface area (TPSA) is 58.6 Å². The lowest BCUT2D eigenvalue weighted by Gasteiger charge is -2.19. The molecule has 0 spiro atoms. The number of imide groups is 1. The number of amides is 2. The number of anilines is 1. The fraction of sp³-hybridized carbons (Fsp3) is 0.238. The minimum absolute atomic E-state index is 0.246. The summed E-state index contributed by atoms with van der Waals surface area (Å²) in [5.74, 6) is 0.0318. The molecule has 0 aliphatic carbocycles. The Labute approximate surface area is 163 Å². The van der Waals surface area contributed by atoms with Crippen LogP contribution in [0.2, 0.25) is 5.02 Å². The smallest absolute Gasteiger partial charge is 0.278 e. The van der Waals surface area contributed by atoms with Crippen molar-refractivity contribution >= 4 is 34.7 Å². The molecule has 27 heavy (non-hydrogen) atoms. The summed E-state index contributed by atoms with van der Waals surface area (Å²) < 4.78 is 5.18. The lowest BCUT2D eigenvalue weighted by molar-refractivity contribution is -0.138. The lowest BCUT2D eigenvalue weighted by Crippen LogP contribution is -2.38. The number of halogens is 1. The summed E-state index contributed by atoms with van der Waals surface area (Å²) >= 11 is 6.02. The molecular weight excluding hydrogens is 364 g/mol. The highest BCUT2D eigenvalue weighted by Gasteiger charge is 2.40. The molecule has 0 bridgehead atoms. The molecule has 2 amide bonds. The van der Waals surface area contributed by atoms with E-state index in [-0.39, 0.29) is 23.6 Å². The van der Waals surface area contributed by atoms with Crippen molar-refractivity contribution in [2.45, 2.75) is 26.8 Å². The number of methoxy groups -OCH3 is 1. The molecule has 1 aliphatic rings. The Balaban J connectivity index is 2.10. The van der Waals surface area contributed by atoms with Crippen LogP contribution in [0.1, 0.15) is 25.0 Å². The van der Waals surface area contributed by atoms with Crippen molar-refractivity contribution in [3.05, 3.63) is 64.3 Å². The largest absolute Gasteiger partial charge is 0.497 e. The number of rotatable bonds is 5. The number of aryl methyl sites for hydroxylation is 1. The zero-order valence-corrected chi connectivity index (χ0v) is 16.4. The van der Waals surface area contributed by atoms with Crippen molar-refractivity contribution in [2.75, 3.05) is 12.4 Å². The van der Waals surface area contributed by atoms with Gasteiger partial charge in [-0.3, -0.25) is 14.5 Å². The van der Waals surface area contributed by atoms with E-state index in [4.69, 9.17) is 16.3 Å². The van der Waals surface area contributed by atoms with Crippen molar-refractivity contribution in [3.8, 4) is 5.75 Å². The summed E-state index contributed by atoms with van der Waals surface area (Å²) in [5, 5.41) is 3.77. The molecule has 0 saturated heterocycles. The zero-order chi connectivity index (χ0) is 19.7. The van der Waals surface area contributed by atoms with Crippen LogP contribution in [-0.4, -0.2) is 29.9 Å². The minimum atomic E-state index is -0.338. The van der Waals surface area contributed by atoms with Crippen LogP contribution in [0.25, 0.3) is 5.57 Å². The Morgan fingerprint density at radius 3 is 2.26 bits per heavy atom. The van der Waals surface area contributed by atoms with E-state index in [1.54, 1.807) is 49.6 Å². The minimum Gasteiger partial charge on any atom is -0.497 e. The van der Waals surface area contributed by atoms with Gasteiger partial charge in [-0.05, 0) is 62.2 Å². The molecule has 2 aromatic carbocycles. The van der Waals surface area contributed by atoms with Gasteiger partial charge in [0.2, 0.25) is 0 Å². The van der Waals surface area contributed by atoms with Crippen LogP contribution in [-0.2, 0) is 9.59 Å². The maximum Gasteiger partial charge on any atom is 0.278 e. The molecule has 2 aromatic rings. The van der Waals surface area contributed by atoms with Crippen molar-refractivity contribution in [3.63, 3.8) is 0 Å². The third-order valence-electron chi connectivity index (χ3n) is 4.46. The Morgan fingerprint density at radius 1 is 1.04 bits per heavy atom. The van der Waals surface area contributed by atoms with E-state index < -0.39 is 0 Å². The second-order valence-corrected chi connectivity index (χ2v) is 7.07. The first kappa shape index (κ1) is 19.0. The molecule has 0 radical (unpaired) electrons. The summed E-state index contributed by atoms with van der Waals surface area (Å²) in [4.78, 5) is 27.3. The molecule has 0 unspecified atom stereocenters. The van der Waals surface area contributed by atoms with Crippen molar-refractivity contribution in [1.29, 1.82) is 0 Å². The molecule has 1 N–H and O–H groups in total. The van der Waals surface area contributed by atoms with Gasteiger partial charge in [0.1, 0.15) is 11.4 Å². The fourth-order valence-corrected chi connectivity index (χ4v) is 3.29. The SMILES string of the molecule is COc1ccc(C2=C(Nc3ccc(Cl)cc3C)C(=O)N(C(C)C)C2=O)cc1. The number of nitrogens with zero attached hydrogens (tertiary/aromatic N) is 1. The fourth-order valence-electron chi connectivity index (χ4n) is 3.06. The number of ether oxygens (including phenoxy) is 1. The Hall–Kier alpha value is -2.79. The standard InChI is InChI=1S/C21H21ClN2O3/c1-12(2)24-20(25)18(14-5-8-16(27-4)9-6-14)19(21(24)26)23-17-10-7-15(22)11-13(17)3/h5-12,23H,1-4H3. The molecule has 3 rings (SSSR count). The van der Waals surface area contributed by atoms with Gasteiger partial charge in [-0.2, -0.15) is 0 Å². The van der Waals surface area contributed by atoms with Gasteiger partial charge in [-0.25, -0.2) is 0 Å². The normalized spacial score (nSPS) is 14.4. The average molecular weight is 385 g/mol. The van der Waals surface area contributed by atoms with E-state index in [9.17, 15) is 9.59 Å². The van der Waals surface area contributed by atoms with Gasteiger partial charge in [0, 0.05) is 16.8 Å². The lowest BCUT2D eigenvalue weighted by atomic mass is 10.0. The molecule has 6 heteroatoms. The molecule has 1 heterocycles.